The van der Waals surface area contributed by atoms with Gasteiger partial charge in [0.2, 0.25) is 5.95 Å². The van der Waals surface area contributed by atoms with E-state index in [1.807, 2.05) is 18.2 Å². The number of benzene rings is 1. The highest BCUT2D eigenvalue weighted by atomic mass is 16.1. The number of hydrogen-bond donors (Lipinski definition) is 1. The van der Waals surface area contributed by atoms with E-state index >= 15 is 0 Å². The maximum Gasteiger partial charge on any atom is 0.255 e. The van der Waals surface area contributed by atoms with Crippen molar-refractivity contribution in [2.45, 2.75) is 19.4 Å². The monoisotopic (exact) mass is 378 g/mol. The molecule has 0 bridgehead atoms. The number of H-pyrrole nitrogens is 1. The van der Waals surface area contributed by atoms with Crippen LogP contribution in [0.2, 0.25) is 0 Å². The van der Waals surface area contributed by atoms with Crippen LogP contribution in [0, 0.1) is 11.3 Å². The quantitative estimate of drug-likeness (QED) is 0.858. The Labute approximate surface area is 165 Å². The highest BCUT2D eigenvalue weighted by Crippen LogP contribution is 2.17. The molecule has 1 saturated heterocycles. The Morgan fingerprint density at radius 3 is 2.71 bits per heavy atom. The molecule has 0 atom stereocenters. The molecule has 28 heavy (non-hydrogen) atoms. The number of likely N-dealkylation sites (N-methyl/N-ethyl adjacent to an activating group) is 1. The van der Waals surface area contributed by atoms with Gasteiger partial charge in [-0.05, 0) is 31.2 Å². The van der Waals surface area contributed by atoms with Gasteiger partial charge in [0.05, 0.1) is 17.3 Å². The third-order valence-electron chi connectivity index (χ3n) is 5.70. The molecule has 0 saturated carbocycles. The number of nitrogens with one attached hydrogen (secondary N) is 1. The van der Waals surface area contributed by atoms with Crippen LogP contribution in [-0.2, 0) is 19.4 Å². The van der Waals surface area contributed by atoms with E-state index < -0.39 is 0 Å². The Morgan fingerprint density at radius 2 is 1.93 bits per heavy atom. The van der Waals surface area contributed by atoms with Crippen molar-refractivity contribution in [3.8, 4) is 6.07 Å². The smallest absolute Gasteiger partial charge is 0.255 e. The van der Waals surface area contributed by atoms with E-state index in [0.29, 0.717) is 17.9 Å². The first-order valence-electron chi connectivity index (χ1n) is 9.89. The summed E-state index contributed by atoms with van der Waals surface area (Å²) >= 11 is 0. The highest BCUT2D eigenvalue weighted by Gasteiger charge is 2.22. The van der Waals surface area contributed by atoms with Crippen molar-refractivity contribution < 1.29 is 0 Å². The Balaban J connectivity index is 1.48. The minimum atomic E-state index is 0.00672. The van der Waals surface area contributed by atoms with Crippen molar-refractivity contribution in [1.82, 2.24) is 19.8 Å². The summed E-state index contributed by atoms with van der Waals surface area (Å²) in [5.74, 6) is 0.715. The minimum Gasteiger partial charge on any atom is -0.340 e. The minimum absolute atomic E-state index is 0.00672. The van der Waals surface area contributed by atoms with Crippen molar-refractivity contribution in [1.29, 1.82) is 5.26 Å². The van der Waals surface area contributed by atoms with Gasteiger partial charge in [-0.2, -0.15) is 5.26 Å². The van der Waals surface area contributed by atoms with Crippen LogP contribution in [-0.4, -0.2) is 66.1 Å². The van der Waals surface area contributed by atoms with Gasteiger partial charge >= 0.3 is 0 Å². The Morgan fingerprint density at radius 1 is 1.14 bits per heavy atom. The molecule has 2 aliphatic rings. The number of nitriles is 1. The zero-order chi connectivity index (χ0) is 19.5. The van der Waals surface area contributed by atoms with Crippen LogP contribution < -0.4 is 10.5 Å². The normalized spacial score (nSPS) is 18.4. The van der Waals surface area contributed by atoms with Crippen LogP contribution in [0.1, 0.15) is 22.4 Å². The lowest BCUT2D eigenvalue weighted by Crippen LogP contribution is -2.45. The second-order valence-corrected chi connectivity index (χ2v) is 7.69. The lowest BCUT2D eigenvalue weighted by atomic mass is 10.1. The molecule has 1 aromatic carbocycles. The molecule has 2 aliphatic heterocycles. The number of hydrogen-bond acceptors (Lipinski definition) is 6. The average Bonchev–Trinajstić information content (AvgIpc) is 2.91. The van der Waals surface area contributed by atoms with E-state index in [4.69, 9.17) is 10.2 Å². The van der Waals surface area contributed by atoms with Gasteiger partial charge in [0, 0.05) is 57.8 Å². The molecule has 1 aromatic heterocycles. The molecular weight excluding hydrogens is 352 g/mol. The number of fused-ring (bicyclic) bond motifs is 1. The third-order valence-corrected chi connectivity index (χ3v) is 5.70. The maximum atomic E-state index is 12.7. The standard InChI is InChI=1S/C21H26N6O/c1-25-9-11-27(12-10-25)21-23-19-6-8-26(7-5-18(19)20(28)24-21)15-17-4-2-3-16(13-17)14-22/h2-4,13H,5-12,15H2,1H3,(H,23,24,28). The van der Waals surface area contributed by atoms with Gasteiger partial charge in [-0.15, -0.1) is 0 Å². The number of aromatic nitrogens is 2. The topological polar surface area (TPSA) is 79.3 Å². The number of nitrogens with zero attached hydrogens (tertiary/aromatic N) is 5. The summed E-state index contributed by atoms with van der Waals surface area (Å²) in [6, 6.07) is 9.94. The molecule has 1 N–H and O–H groups in total. The predicted octanol–water partition coefficient (Wildman–Crippen LogP) is 0.994. The Hall–Kier alpha value is -2.69. The van der Waals surface area contributed by atoms with Crippen LogP contribution in [0.5, 0.6) is 0 Å². The van der Waals surface area contributed by atoms with Gasteiger partial charge in [-0.1, -0.05) is 12.1 Å². The fourth-order valence-corrected chi connectivity index (χ4v) is 3.97. The van der Waals surface area contributed by atoms with Crippen molar-refractivity contribution >= 4 is 5.95 Å². The van der Waals surface area contributed by atoms with Crippen LogP contribution in [0.4, 0.5) is 5.95 Å². The second-order valence-electron chi connectivity index (χ2n) is 7.69. The van der Waals surface area contributed by atoms with Gasteiger partial charge < -0.3 is 9.80 Å². The van der Waals surface area contributed by atoms with Crippen molar-refractivity contribution in [3.05, 3.63) is 57.0 Å². The van der Waals surface area contributed by atoms with Crippen molar-refractivity contribution in [2.24, 2.45) is 0 Å². The Kier molecular flexibility index (Phi) is 5.42. The summed E-state index contributed by atoms with van der Waals surface area (Å²) < 4.78 is 0. The lowest BCUT2D eigenvalue weighted by Gasteiger charge is -2.32. The molecular formula is C21H26N6O. The van der Waals surface area contributed by atoms with E-state index in [9.17, 15) is 4.79 Å². The molecule has 0 spiro atoms. The predicted molar refractivity (Wildman–Crippen MR) is 108 cm³/mol. The van der Waals surface area contributed by atoms with Gasteiger partial charge in [0.15, 0.2) is 0 Å². The largest absolute Gasteiger partial charge is 0.340 e. The number of piperazine rings is 1. The van der Waals surface area contributed by atoms with Crippen LogP contribution in [0.25, 0.3) is 0 Å². The first-order chi connectivity index (χ1) is 13.6. The van der Waals surface area contributed by atoms with Gasteiger partial charge in [-0.25, -0.2) is 4.98 Å². The first-order valence-corrected chi connectivity index (χ1v) is 9.89. The van der Waals surface area contributed by atoms with E-state index in [1.54, 1.807) is 0 Å². The van der Waals surface area contributed by atoms with Crippen LogP contribution in [0.3, 0.4) is 0 Å². The summed E-state index contributed by atoms with van der Waals surface area (Å²) in [7, 11) is 2.12. The molecule has 0 amide bonds. The van der Waals surface area contributed by atoms with Crippen molar-refractivity contribution in [2.75, 3.05) is 51.2 Å². The van der Waals surface area contributed by atoms with Crippen LogP contribution >= 0.6 is 0 Å². The number of aromatic amines is 1. The van der Waals surface area contributed by atoms with Crippen LogP contribution in [0.15, 0.2) is 29.1 Å². The number of rotatable bonds is 3. The molecule has 0 radical (unpaired) electrons. The van der Waals surface area contributed by atoms with Gasteiger partial charge in [-0.3, -0.25) is 14.7 Å². The maximum absolute atomic E-state index is 12.7. The van der Waals surface area contributed by atoms with Gasteiger partial charge in [0.25, 0.3) is 5.56 Å². The molecule has 3 heterocycles. The molecule has 2 aromatic rings. The highest BCUT2D eigenvalue weighted by molar-refractivity contribution is 5.35. The molecule has 0 aliphatic carbocycles. The molecule has 4 rings (SSSR count). The first kappa shape index (κ1) is 18.7. The third kappa shape index (κ3) is 4.08. The molecule has 7 nitrogen and oxygen atoms in total. The fraction of sp³-hybridized carbons (Fsp3) is 0.476. The van der Waals surface area contributed by atoms with Gasteiger partial charge in [0.1, 0.15) is 0 Å². The lowest BCUT2D eigenvalue weighted by molar-refractivity contribution is 0.279. The van der Waals surface area contributed by atoms with E-state index in [1.165, 1.54) is 0 Å². The van der Waals surface area contributed by atoms with E-state index in [0.717, 1.165) is 69.1 Å². The zero-order valence-electron chi connectivity index (χ0n) is 16.3. The fourth-order valence-electron chi connectivity index (χ4n) is 3.97. The number of anilines is 1. The van der Waals surface area contributed by atoms with E-state index in [2.05, 4.69) is 38.9 Å². The zero-order valence-corrected chi connectivity index (χ0v) is 16.3. The average molecular weight is 378 g/mol. The summed E-state index contributed by atoms with van der Waals surface area (Å²) in [4.78, 5) is 27.4. The summed E-state index contributed by atoms with van der Waals surface area (Å²) in [6.07, 6.45) is 1.48. The summed E-state index contributed by atoms with van der Waals surface area (Å²) in [5.41, 5.74) is 3.58. The Bertz CT molecular complexity index is 939. The molecule has 7 heteroatoms. The SMILES string of the molecule is CN1CCN(c2nc3c(c(=O)[nH]2)CCN(Cc2cccc(C#N)c2)CC3)CC1. The summed E-state index contributed by atoms with van der Waals surface area (Å²) in [5, 5.41) is 9.09. The molecule has 1 fully saturated rings. The second kappa shape index (κ2) is 8.13. The molecule has 146 valence electrons. The van der Waals surface area contributed by atoms with Crippen molar-refractivity contribution in [3.63, 3.8) is 0 Å². The van der Waals surface area contributed by atoms with E-state index in [-0.39, 0.29) is 5.56 Å². The molecule has 0 unspecified atom stereocenters. The summed E-state index contributed by atoms with van der Waals surface area (Å²) in [6.45, 7) is 6.21.